The van der Waals surface area contributed by atoms with E-state index in [1.165, 1.54) is 5.69 Å². The van der Waals surface area contributed by atoms with Crippen molar-refractivity contribution in [1.29, 1.82) is 0 Å². The minimum atomic E-state index is -1.42. The highest BCUT2D eigenvalue weighted by Gasteiger charge is 2.22. The zero-order chi connectivity index (χ0) is 9.90. The van der Waals surface area contributed by atoms with Gasteiger partial charge in [-0.2, -0.15) is 0 Å². The summed E-state index contributed by atoms with van der Waals surface area (Å²) in [7, 11) is 0.718. The Bertz CT molecular complexity index is 279. The number of rotatable bonds is 3. The molecule has 0 N–H and O–H groups in total. The standard InChI is InChI=1S/C11H17NSi/c1-5-13(3,4)12(2)11-9-7-6-8-10-11/h5-10H,1H2,2-4H3. The van der Waals surface area contributed by atoms with Crippen LogP contribution < -0.4 is 4.57 Å². The fraction of sp³-hybridized carbons (Fsp3) is 0.273. The molecular formula is C11H17NSi. The summed E-state index contributed by atoms with van der Waals surface area (Å²) >= 11 is 0. The van der Waals surface area contributed by atoms with Crippen LogP contribution in [0.1, 0.15) is 0 Å². The minimum Gasteiger partial charge on any atom is -0.397 e. The van der Waals surface area contributed by atoms with Gasteiger partial charge >= 0.3 is 0 Å². The molecule has 0 aromatic heterocycles. The molecule has 70 valence electrons. The van der Waals surface area contributed by atoms with Gasteiger partial charge in [-0.05, 0) is 32.3 Å². The maximum atomic E-state index is 3.90. The molecular weight excluding hydrogens is 174 g/mol. The van der Waals surface area contributed by atoms with Gasteiger partial charge < -0.3 is 4.57 Å². The average Bonchev–Trinajstić information content (AvgIpc) is 2.18. The molecule has 0 saturated carbocycles. The summed E-state index contributed by atoms with van der Waals surface area (Å²) in [5.41, 5.74) is 3.37. The normalized spacial score (nSPS) is 11.0. The van der Waals surface area contributed by atoms with E-state index < -0.39 is 8.24 Å². The molecule has 0 heterocycles. The third-order valence-corrected chi connectivity index (χ3v) is 5.49. The lowest BCUT2D eigenvalue weighted by atomic mass is 10.3. The lowest BCUT2D eigenvalue weighted by molar-refractivity contribution is 1.26. The highest BCUT2D eigenvalue weighted by atomic mass is 28.3. The third kappa shape index (κ3) is 2.22. The zero-order valence-corrected chi connectivity index (χ0v) is 9.62. The molecule has 0 aliphatic heterocycles. The molecule has 13 heavy (non-hydrogen) atoms. The van der Waals surface area contributed by atoms with Crippen LogP contribution in [0.5, 0.6) is 0 Å². The van der Waals surface area contributed by atoms with E-state index in [2.05, 4.69) is 61.3 Å². The predicted molar refractivity (Wildman–Crippen MR) is 62.5 cm³/mol. The molecule has 2 heteroatoms. The van der Waals surface area contributed by atoms with Crippen molar-refractivity contribution in [2.45, 2.75) is 13.1 Å². The second-order valence-corrected chi connectivity index (χ2v) is 8.14. The molecule has 0 unspecified atom stereocenters. The molecule has 0 amide bonds. The summed E-state index contributed by atoms with van der Waals surface area (Å²) in [5, 5.41) is 0. The van der Waals surface area contributed by atoms with Crippen molar-refractivity contribution in [3.8, 4) is 0 Å². The van der Waals surface area contributed by atoms with E-state index in [1.54, 1.807) is 0 Å². The number of hydrogen-bond donors (Lipinski definition) is 0. The number of hydrogen-bond acceptors (Lipinski definition) is 1. The van der Waals surface area contributed by atoms with E-state index >= 15 is 0 Å². The first-order valence-corrected chi connectivity index (χ1v) is 7.53. The summed E-state index contributed by atoms with van der Waals surface area (Å²) in [6.45, 7) is 8.47. The van der Waals surface area contributed by atoms with Crippen LogP contribution in [0.3, 0.4) is 0 Å². The summed E-state index contributed by atoms with van der Waals surface area (Å²) in [6.07, 6.45) is 0. The number of para-hydroxylation sites is 1. The second kappa shape index (κ2) is 3.79. The Morgan fingerprint density at radius 1 is 1.23 bits per heavy atom. The van der Waals surface area contributed by atoms with Crippen LogP contribution in [0.2, 0.25) is 13.1 Å². The van der Waals surface area contributed by atoms with Crippen LogP contribution in [-0.4, -0.2) is 15.3 Å². The molecule has 0 aliphatic rings. The molecule has 0 spiro atoms. The molecule has 0 aliphatic carbocycles. The van der Waals surface area contributed by atoms with Gasteiger partial charge in [0.15, 0.2) is 8.24 Å². The van der Waals surface area contributed by atoms with Gasteiger partial charge in [-0.15, -0.1) is 6.58 Å². The van der Waals surface area contributed by atoms with Crippen LogP contribution in [0.25, 0.3) is 0 Å². The molecule has 1 nitrogen and oxygen atoms in total. The predicted octanol–water partition coefficient (Wildman–Crippen LogP) is 3.05. The van der Waals surface area contributed by atoms with Gasteiger partial charge in [-0.25, -0.2) is 0 Å². The smallest absolute Gasteiger partial charge is 0.173 e. The van der Waals surface area contributed by atoms with Crippen LogP contribution in [0.15, 0.2) is 42.6 Å². The van der Waals surface area contributed by atoms with Gasteiger partial charge in [0, 0.05) is 5.69 Å². The van der Waals surface area contributed by atoms with Crippen molar-refractivity contribution in [3.05, 3.63) is 42.6 Å². The van der Waals surface area contributed by atoms with Crippen molar-refractivity contribution < 1.29 is 0 Å². The van der Waals surface area contributed by atoms with Crippen molar-refractivity contribution in [1.82, 2.24) is 0 Å². The Morgan fingerprint density at radius 2 is 1.77 bits per heavy atom. The number of anilines is 1. The van der Waals surface area contributed by atoms with E-state index in [9.17, 15) is 0 Å². The highest BCUT2D eigenvalue weighted by Crippen LogP contribution is 2.19. The summed E-state index contributed by atoms with van der Waals surface area (Å²) in [4.78, 5) is 0. The second-order valence-electron chi connectivity index (χ2n) is 3.75. The molecule has 0 fully saturated rings. The summed E-state index contributed by atoms with van der Waals surface area (Å²) in [6, 6.07) is 10.5. The Balaban J connectivity index is 2.91. The Hall–Kier alpha value is -1.02. The van der Waals surface area contributed by atoms with Gasteiger partial charge in [0.1, 0.15) is 0 Å². The van der Waals surface area contributed by atoms with E-state index in [1.807, 2.05) is 6.07 Å². The first-order chi connectivity index (χ1) is 6.08. The Morgan fingerprint density at radius 3 is 2.23 bits per heavy atom. The quantitative estimate of drug-likeness (QED) is 0.664. The van der Waals surface area contributed by atoms with Gasteiger partial charge in [0.25, 0.3) is 0 Å². The van der Waals surface area contributed by atoms with Gasteiger partial charge in [0.05, 0.1) is 0 Å². The average molecular weight is 191 g/mol. The van der Waals surface area contributed by atoms with E-state index in [4.69, 9.17) is 0 Å². The third-order valence-electron chi connectivity index (χ3n) is 2.51. The van der Waals surface area contributed by atoms with Crippen LogP contribution in [0, 0.1) is 0 Å². The maximum absolute atomic E-state index is 3.90. The topological polar surface area (TPSA) is 3.24 Å². The molecule has 1 rings (SSSR count). The highest BCUT2D eigenvalue weighted by molar-refractivity contribution is 6.85. The lowest BCUT2D eigenvalue weighted by Crippen LogP contribution is -2.44. The van der Waals surface area contributed by atoms with Crippen LogP contribution in [-0.2, 0) is 0 Å². The Labute approximate surface area is 81.8 Å². The minimum absolute atomic E-state index is 1.28. The zero-order valence-electron chi connectivity index (χ0n) is 8.62. The number of benzene rings is 1. The fourth-order valence-electron chi connectivity index (χ4n) is 1.12. The van der Waals surface area contributed by atoms with Crippen molar-refractivity contribution in [2.75, 3.05) is 11.6 Å². The fourth-order valence-corrected chi connectivity index (χ4v) is 2.21. The van der Waals surface area contributed by atoms with E-state index in [0.29, 0.717) is 0 Å². The van der Waals surface area contributed by atoms with E-state index in [-0.39, 0.29) is 0 Å². The first-order valence-electron chi connectivity index (χ1n) is 4.50. The Kier molecular flexibility index (Phi) is 2.93. The van der Waals surface area contributed by atoms with E-state index in [0.717, 1.165) is 0 Å². The molecule has 0 atom stereocenters. The maximum Gasteiger partial charge on any atom is 0.173 e. The molecule has 0 saturated heterocycles. The van der Waals surface area contributed by atoms with Crippen molar-refractivity contribution in [3.63, 3.8) is 0 Å². The van der Waals surface area contributed by atoms with Gasteiger partial charge in [-0.3, -0.25) is 0 Å². The monoisotopic (exact) mass is 191 g/mol. The van der Waals surface area contributed by atoms with Crippen molar-refractivity contribution in [2.24, 2.45) is 0 Å². The molecule has 1 aromatic rings. The molecule has 0 radical (unpaired) electrons. The molecule has 0 bridgehead atoms. The lowest BCUT2D eigenvalue weighted by Gasteiger charge is -2.32. The van der Waals surface area contributed by atoms with Gasteiger partial charge in [-0.1, -0.05) is 23.9 Å². The summed E-state index contributed by atoms with van der Waals surface area (Å²) in [5.74, 6) is 0. The van der Waals surface area contributed by atoms with Crippen LogP contribution in [0.4, 0.5) is 5.69 Å². The van der Waals surface area contributed by atoms with Crippen molar-refractivity contribution >= 4 is 13.9 Å². The molecule has 1 aromatic carbocycles. The van der Waals surface area contributed by atoms with Gasteiger partial charge in [0.2, 0.25) is 0 Å². The first kappa shape index (κ1) is 10.1. The SMILES string of the molecule is C=C[Si](C)(C)N(C)c1ccccc1. The number of nitrogens with zero attached hydrogens (tertiary/aromatic N) is 1. The largest absolute Gasteiger partial charge is 0.397 e. The van der Waals surface area contributed by atoms with Crippen LogP contribution >= 0.6 is 0 Å². The summed E-state index contributed by atoms with van der Waals surface area (Å²) < 4.78 is 2.35.